The summed E-state index contributed by atoms with van der Waals surface area (Å²) in [6.07, 6.45) is 12.4. The van der Waals surface area contributed by atoms with Gasteiger partial charge in [-0.2, -0.15) is 4.57 Å². The Balaban J connectivity index is 0.717. The number of ether oxygens (including phenoxy) is 6. The van der Waals surface area contributed by atoms with Crippen molar-refractivity contribution in [2.24, 2.45) is 0 Å². The molecule has 0 spiro atoms. The Morgan fingerprint density at radius 1 is 0.558 bits per heavy atom. The molecule has 2 heterocycles. The summed E-state index contributed by atoms with van der Waals surface area (Å²) >= 11 is 3.56. The largest absolute Gasteiger partial charge is 0.491 e. The fraction of sp³-hybridized carbons (Fsp3) is 0.270. The minimum atomic E-state index is -0.189. The summed E-state index contributed by atoms with van der Waals surface area (Å²) in [7, 11) is 4.05. The molecule has 6 aromatic carbocycles. The van der Waals surface area contributed by atoms with Crippen molar-refractivity contribution < 1.29 is 37.8 Å². The van der Waals surface area contributed by atoms with E-state index in [0.717, 1.165) is 53.0 Å². The number of fused-ring (bicyclic) bond motifs is 2. The Morgan fingerprint density at radius 3 is 1.62 bits per heavy atom. The van der Waals surface area contributed by atoms with Gasteiger partial charge in [-0.1, -0.05) is 95.9 Å². The SMILES string of the molecule is CCN1C(=CC=CC(=CC=Cc2sc3ccccc3[n+]2CC)OCCOCCOCCOCCOCCOCC(=O)N(c2ccc(N(C)c3ccccc3)cc2)c2ccc(N(C)c3ccccc3)cc2)Sc2ccccc21. The van der Waals surface area contributed by atoms with Crippen LogP contribution in [0.25, 0.3) is 16.3 Å². The Labute approximate surface area is 462 Å². The van der Waals surface area contributed by atoms with Gasteiger partial charge in [0.2, 0.25) is 5.52 Å². The molecule has 1 aliphatic heterocycles. The van der Waals surface area contributed by atoms with E-state index in [-0.39, 0.29) is 19.1 Å². The highest BCUT2D eigenvalue weighted by molar-refractivity contribution is 8.03. The zero-order valence-corrected chi connectivity index (χ0v) is 46.2. The summed E-state index contributed by atoms with van der Waals surface area (Å²) in [6, 6.07) is 53.3. The van der Waals surface area contributed by atoms with E-state index in [1.807, 2.05) is 111 Å². The van der Waals surface area contributed by atoms with E-state index in [4.69, 9.17) is 28.4 Å². The maximum absolute atomic E-state index is 13.9. The molecule has 0 unspecified atom stereocenters. The van der Waals surface area contributed by atoms with Crippen LogP contribution >= 0.6 is 23.1 Å². The predicted octanol–water partition coefficient (Wildman–Crippen LogP) is 13.1. The van der Waals surface area contributed by atoms with Gasteiger partial charge < -0.3 is 43.1 Å². The van der Waals surface area contributed by atoms with Crippen LogP contribution in [0.1, 0.15) is 18.9 Å². The molecule has 8 rings (SSSR count). The number of hydrogen-bond acceptors (Lipinski definition) is 12. The highest BCUT2D eigenvalue weighted by Crippen LogP contribution is 2.45. The number of aromatic nitrogens is 1. The fourth-order valence-corrected chi connectivity index (χ4v) is 10.9. The predicted molar refractivity (Wildman–Crippen MR) is 316 cm³/mol. The zero-order valence-electron chi connectivity index (χ0n) is 44.6. The van der Waals surface area contributed by atoms with E-state index in [9.17, 15) is 4.79 Å². The van der Waals surface area contributed by atoms with Crippen LogP contribution in [0.2, 0.25) is 0 Å². The lowest BCUT2D eigenvalue weighted by Crippen LogP contribution is -2.33. The number of carbonyl (C=O) groups excluding carboxylic acids is 1. The molecule has 1 aromatic heterocycles. The molecule has 400 valence electrons. The number of nitrogens with zero attached hydrogens (tertiary/aromatic N) is 5. The van der Waals surface area contributed by atoms with Crippen LogP contribution < -0.4 is 24.2 Å². The molecule has 12 nitrogen and oxygen atoms in total. The first-order valence-electron chi connectivity index (χ1n) is 26.3. The lowest BCUT2D eigenvalue weighted by Gasteiger charge is -2.26. The summed E-state index contributed by atoms with van der Waals surface area (Å²) in [5, 5.41) is 2.37. The second-order valence-corrected chi connectivity index (χ2v) is 19.8. The molecular formula is C63H70N5O7S2+. The molecule has 1 aliphatic rings. The third kappa shape index (κ3) is 16.0. The molecule has 7 aromatic rings. The summed E-state index contributed by atoms with van der Waals surface area (Å²) in [6.45, 7) is 10.0. The van der Waals surface area contributed by atoms with Crippen molar-refractivity contribution >= 4 is 85.1 Å². The number of hydrogen-bond donors (Lipinski definition) is 0. The topological polar surface area (TPSA) is 89.3 Å². The Kier molecular flexibility index (Phi) is 21.9. The number of allylic oxidation sites excluding steroid dienone is 5. The summed E-state index contributed by atoms with van der Waals surface area (Å²) in [5.41, 5.74) is 8.12. The van der Waals surface area contributed by atoms with Crippen LogP contribution in [0.5, 0.6) is 0 Å². The monoisotopic (exact) mass is 1070 g/mol. The van der Waals surface area contributed by atoms with Crippen LogP contribution in [0.4, 0.5) is 39.8 Å². The van der Waals surface area contributed by atoms with Gasteiger partial charge in [0.05, 0.1) is 70.2 Å². The van der Waals surface area contributed by atoms with Crippen molar-refractivity contribution in [3.05, 3.63) is 204 Å². The van der Waals surface area contributed by atoms with Crippen molar-refractivity contribution in [3.8, 4) is 0 Å². The standard InChI is InChI=1S/C63H70N5O7S2/c1-5-66-57-25-13-15-27-59(57)76-62(66)29-17-23-56(24-18-30-63-67(6-2)58-26-14-16-28-60(58)77-63)75-48-47-73-44-43-71-40-39-70-41-42-72-45-46-74-49-61(69)68(54-35-31-52(32-36-54)64(3)50-19-9-7-10-20-50)55-37-33-53(34-38-55)65(4)51-21-11-8-12-22-51/h7-38H,5-6,39-49H2,1-4H3/q+1. The van der Waals surface area contributed by atoms with Crippen LogP contribution in [0.3, 0.4) is 0 Å². The molecule has 0 N–H and O–H groups in total. The maximum atomic E-state index is 13.9. The first kappa shape index (κ1) is 56.2. The molecular weight excluding hydrogens is 1000 g/mol. The van der Waals surface area contributed by atoms with Crippen molar-refractivity contribution in [1.29, 1.82) is 0 Å². The van der Waals surface area contributed by atoms with Gasteiger partial charge in [0.25, 0.3) is 10.9 Å². The molecule has 0 saturated carbocycles. The normalized spacial score (nSPS) is 13.1. The molecule has 0 radical (unpaired) electrons. The van der Waals surface area contributed by atoms with Crippen molar-refractivity contribution in [2.75, 3.05) is 113 Å². The highest BCUT2D eigenvalue weighted by Gasteiger charge is 2.23. The smallest absolute Gasteiger partial charge is 0.262 e. The van der Waals surface area contributed by atoms with Gasteiger partial charge in [-0.15, -0.1) is 0 Å². The number of amides is 1. The number of benzene rings is 6. The molecule has 0 atom stereocenters. The van der Waals surface area contributed by atoms with Gasteiger partial charge in [-0.25, -0.2) is 0 Å². The molecule has 0 aliphatic carbocycles. The second-order valence-electron chi connectivity index (χ2n) is 17.7. The van der Waals surface area contributed by atoms with Gasteiger partial charge in [0.1, 0.15) is 30.2 Å². The summed E-state index contributed by atoms with van der Waals surface area (Å²) < 4.78 is 38.7. The van der Waals surface area contributed by atoms with Gasteiger partial charge >= 0.3 is 0 Å². The summed E-state index contributed by atoms with van der Waals surface area (Å²) in [5.74, 6) is 0.554. The number of para-hydroxylation sites is 4. The Bertz CT molecular complexity index is 2950. The third-order valence-electron chi connectivity index (χ3n) is 12.6. The second kappa shape index (κ2) is 30.1. The highest BCUT2D eigenvalue weighted by atomic mass is 32.2. The van der Waals surface area contributed by atoms with E-state index in [2.05, 4.69) is 130 Å². The molecule has 0 fully saturated rings. The van der Waals surface area contributed by atoms with E-state index >= 15 is 0 Å². The first-order chi connectivity index (χ1) is 37.9. The fourth-order valence-electron chi connectivity index (χ4n) is 8.62. The lowest BCUT2D eigenvalue weighted by atomic mass is 10.2. The average molecular weight is 1070 g/mol. The van der Waals surface area contributed by atoms with Crippen LogP contribution in [-0.4, -0.2) is 99.2 Å². The van der Waals surface area contributed by atoms with Crippen LogP contribution in [-0.2, 0) is 39.8 Å². The van der Waals surface area contributed by atoms with E-state index in [0.29, 0.717) is 59.5 Å². The zero-order chi connectivity index (χ0) is 53.4. The molecule has 14 heteroatoms. The van der Waals surface area contributed by atoms with Gasteiger partial charge in [0, 0.05) is 71.8 Å². The van der Waals surface area contributed by atoms with Gasteiger partial charge in [-0.05, 0) is 123 Å². The summed E-state index contributed by atoms with van der Waals surface area (Å²) in [4.78, 5) is 23.4. The number of thiazole rings is 1. The quantitative estimate of drug-likeness (QED) is 0.0187. The minimum absolute atomic E-state index is 0.113. The van der Waals surface area contributed by atoms with E-state index in [1.54, 1.807) is 28.0 Å². The van der Waals surface area contributed by atoms with Crippen molar-refractivity contribution in [3.63, 3.8) is 0 Å². The van der Waals surface area contributed by atoms with Gasteiger partial charge in [0.15, 0.2) is 0 Å². The number of aryl methyl sites for hydroxylation is 1. The molecule has 0 saturated heterocycles. The Hall–Kier alpha value is -7.01. The van der Waals surface area contributed by atoms with Gasteiger partial charge in [-0.3, -0.25) is 9.69 Å². The van der Waals surface area contributed by atoms with Crippen molar-refractivity contribution in [1.82, 2.24) is 0 Å². The number of rotatable bonds is 30. The number of thioether (sulfide) groups is 1. The maximum Gasteiger partial charge on any atom is 0.262 e. The lowest BCUT2D eigenvalue weighted by molar-refractivity contribution is -0.665. The molecule has 77 heavy (non-hydrogen) atoms. The van der Waals surface area contributed by atoms with Crippen molar-refractivity contribution in [2.45, 2.75) is 25.3 Å². The van der Waals surface area contributed by atoms with Crippen LogP contribution in [0.15, 0.2) is 204 Å². The van der Waals surface area contributed by atoms with E-state index in [1.165, 1.54) is 30.8 Å². The Morgan fingerprint density at radius 2 is 1.05 bits per heavy atom. The first-order valence-corrected chi connectivity index (χ1v) is 27.9. The minimum Gasteiger partial charge on any atom is -0.491 e. The van der Waals surface area contributed by atoms with E-state index < -0.39 is 0 Å². The third-order valence-corrected chi connectivity index (χ3v) is 14.9. The average Bonchev–Trinajstić information content (AvgIpc) is 4.05. The molecule has 1 amide bonds. The number of carbonyl (C=O) groups is 1. The van der Waals surface area contributed by atoms with Crippen LogP contribution in [0, 0.1) is 0 Å². The number of anilines is 7. The molecule has 0 bridgehead atoms.